The summed E-state index contributed by atoms with van der Waals surface area (Å²) in [5.74, 6) is -0.0235. The van der Waals surface area contributed by atoms with E-state index in [9.17, 15) is 4.79 Å². The van der Waals surface area contributed by atoms with Crippen LogP contribution in [-0.4, -0.2) is 32.0 Å². The molecule has 5 rings (SSSR count). The summed E-state index contributed by atoms with van der Waals surface area (Å²) >= 11 is 5.88. The number of carbonyl (C=O) groups excluding carboxylic acids is 1. The Morgan fingerprint density at radius 1 is 1.02 bits per heavy atom. The fourth-order valence-corrected chi connectivity index (χ4v) is 6.12. The highest BCUT2D eigenvalue weighted by Gasteiger charge is 2.41. The fourth-order valence-electron chi connectivity index (χ4n) is 5.79. The number of pyridine rings is 1. The highest BCUT2D eigenvalue weighted by Crippen LogP contribution is 2.41. The average Bonchev–Trinajstić information content (AvgIpc) is 3.43. The Hall–Kier alpha value is -3.97. The molecule has 0 radical (unpaired) electrons. The van der Waals surface area contributed by atoms with Crippen molar-refractivity contribution in [3.63, 3.8) is 0 Å². The number of hydrogen-bond acceptors (Lipinski definition) is 3. The van der Waals surface area contributed by atoms with Gasteiger partial charge >= 0.3 is 0 Å². The third kappa shape index (κ3) is 5.39. The third-order valence-corrected chi connectivity index (χ3v) is 8.20. The number of para-hydroxylation sites is 1. The van der Waals surface area contributed by atoms with Crippen molar-refractivity contribution < 1.29 is 4.79 Å². The van der Waals surface area contributed by atoms with Crippen molar-refractivity contribution in [1.29, 1.82) is 0 Å². The summed E-state index contributed by atoms with van der Waals surface area (Å²) in [6.45, 7) is 11.2. The summed E-state index contributed by atoms with van der Waals surface area (Å²) in [4.78, 5) is 19.9. The average molecular weight is 552 g/mol. The molecule has 40 heavy (non-hydrogen) atoms. The van der Waals surface area contributed by atoms with Gasteiger partial charge in [-0.25, -0.2) is 0 Å². The van der Waals surface area contributed by atoms with Gasteiger partial charge in [-0.05, 0) is 98.9 Å². The van der Waals surface area contributed by atoms with Gasteiger partial charge in [-0.2, -0.15) is 0 Å². The summed E-state index contributed by atoms with van der Waals surface area (Å²) < 4.78 is 2.33. The lowest BCUT2D eigenvalue weighted by atomic mass is 9.96. The van der Waals surface area contributed by atoms with Crippen molar-refractivity contribution in [3.8, 4) is 5.69 Å². The van der Waals surface area contributed by atoms with Crippen molar-refractivity contribution in [2.24, 2.45) is 0 Å². The zero-order valence-electron chi connectivity index (χ0n) is 23.9. The number of carbonyl (C=O) groups is 1. The molecule has 3 heterocycles. The molecule has 1 amide bonds. The molecule has 0 aliphatic carbocycles. The Bertz CT molecular complexity index is 1540. The van der Waals surface area contributed by atoms with E-state index in [2.05, 4.69) is 84.0 Å². The first-order valence-corrected chi connectivity index (χ1v) is 14.3. The quantitative estimate of drug-likeness (QED) is 0.240. The molecule has 206 valence electrons. The van der Waals surface area contributed by atoms with Crippen molar-refractivity contribution in [3.05, 3.63) is 112 Å². The zero-order chi connectivity index (χ0) is 28.4. The standard InChI is InChI=1S/C33H37N5OS/c1-6-25-11-7-8-12-27(25)35-30(39)16-18-37-32(31(36-33(37)40)28-13-9-10-17-34-28)26-20-23(4)38(24(26)5)29-19-21(2)14-15-22(29)3/h7-15,17,19-20,31-32H,6,16,18H2,1-5H3,(H,35,39)(H,36,40)/t31-,32+/m1/s1. The van der Waals surface area contributed by atoms with E-state index in [1.807, 2.05) is 48.7 Å². The van der Waals surface area contributed by atoms with Crippen LogP contribution in [0.15, 0.2) is 72.9 Å². The normalized spacial score (nSPS) is 16.7. The molecule has 2 aromatic carbocycles. The topological polar surface area (TPSA) is 62.2 Å². The predicted molar refractivity (Wildman–Crippen MR) is 166 cm³/mol. The van der Waals surface area contributed by atoms with Crippen LogP contribution >= 0.6 is 12.2 Å². The Morgan fingerprint density at radius 2 is 1.80 bits per heavy atom. The van der Waals surface area contributed by atoms with Gasteiger partial charge in [0.2, 0.25) is 5.91 Å². The molecule has 2 N–H and O–H groups in total. The van der Waals surface area contributed by atoms with Gasteiger partial charge in [-0.1, -0.05) is 43.3 Å². The molecular formula is C33H37N5OS. The van der Waals surface area contributed by atoms with Crippen molar-refractivity contribution in [2.75, 3.05) is 11.9 Å². The zero-order valence-corrected chi connectivity index (χ0v) is 24.7. The van der Waals surface area contributed by atoms with Gasteiger partial charge in [0.1, 0.15) is 0 Å². The third-order valence-electron chi connectivity index (χ3n) is 7.84. The number of aromatic nitrogens is 2. The van der Waals surface area contributed by atoms with Gasteiger partial charge in [0.25, 0.3) is 0 Å². The Balaban J connectivity index is 1.49. The molecule has 0 bridgehead atoms. The summed E-state index contributed by atoms with van der Waals surface area (Å²) in [5, 5.41) is 7.28. The van der Waals surface area contributed by atoms with Gasteiger partial charge in [-0.15, -0.1) is 0 Å². The van der Waals surface area contributed by atoms with Crippen LogP contribution in [0.3, 0.4) is 0 Å². The first kappa shape index (κ1) is 27.6. The first-order valence-electron chi connectivity index (χ1n) is 13.9. The maximum atomic E-state index is 13.1. The second-order valence-electron chi connectivity index (χ2n) is 10.6. The number of anilines is 1. The number of aryl methyl sites for hydroxylation is 4. The lowest BCUT2D eigenvalue weighted by Crippen LogP contribution is -2.33. The summed E-state index contributed by atoms with van der Waals surface area (Å²) in [7, 11) is 0. The van der Waals surface area contributed by atoms with Crippen LogP contribution in [0.1, 0.15) is 64.8 Å². The lowest BCUT2D eigenvalue weighted by molar-refractivity contribution is -0.116. The smallest absolute Gasteiger partial charge is 0.226 e. The second kappa shape index (κ2) is 11.6. The maximum absolute atomic E-state index is 13.1. The van der Waals surface area contributed by atoms with Crippen LogP contribution in [-0.2, 0) is 11.2 Å². The molecule has 0 unspecified atom stereocenters. The van der Waals surface area contributed by atoms with E-state index in [-0.39, 0.29) is 18.0 Å². The number of rotatable bonds is 8. The number of nitrogens with zero attached hydrogens (tertiary/aromatic N) is 3. The number of hydrogen-bond donors (Lipinski definition) is 2. The molecule has 2 aromatic heterocycles. The van der Waals surface area contributed by atoms with Crippen LogP contribution in [0.4, 0.5) is 5.69 Å². The van der Waals surface area contributed by atoms with E-state index < -0.39 is 0 Å². The van der Waals surface area contributed by atoms with Crippen molar-refractivity contribution in [2.45, 2.75) is 59.5 Å². The minimum atomic E-state index is -0.134. The van der Waals surface area contributed by atoms with E-state index in [0.29, 0.717) is 18.1 Å². The van der Waals surface area contributed by atoms with Gasteiger partial charge in [0.15, 0.2) is 5.11 Å². The Labute approximate surface area is 242 Å². The van der Waals surface area contributed by atoms with Gasteiger partial charge in [-0.3, -0.25) is 9.78 Å². The number of amides is 1. The minimum absolute atomic E-state index is 0.0235. The maximum Gasteiger partial charge on any atom is 0.226 e. The SMILES string of the molecule is CCc1ccccc1NC(=O)CCN1C(=S)N[C@H](c2ccccn2)[C@@H]1c1cc(C)n(-c2cc(C)ccc2C)c1C. The van der Waals surface area contributed by atoms with Crippen molar-refractivity contribution >= 4 is 28.9 Å². The van der Waals surface area contributed by atoms with E-state index in [4.69, 9.17) is 12.2 Å². The van der Waals surface area contributed by atoms with Crippen LogP contribution in [0.5, 0.6) is 0 Å². The van der Waals surface area contributed by atoms with Crippen molar-refractivity contribution in [1.82, 2.24) is 19.8 Å². The second-order valence-corrected chi connectivity index (χ2v) is 11.0. The van der Waals surface area contributed by atoms with Crippen LogP contribution < -0.4 is 10.6 Å². The minimum Gasteiger partial charge on any atom is -0.352 e. The molecule has 4 aromatic rings. The molecule has 0 saturated carbocycles. The monoisotopic (exact) mass is 551 g/mol. The number of benzene rings is 2. The van der Waals surface area contributed by atoms with E-state index >= 15 is 0 Å². The van der Waals surface area contributed by atoms with E-state index in [1.54, 1.807) is 0 Å². The van der Waals surface area contributed by atoms with E-state index in [1.165, 1.54) is 22.4 Å². The first-order chi connectivity index (χ1) is 19.3. The number of thiocarbonyl (C=S) groups is 1. The number of nitrogens with one attached hydrogen (secondary N) is 2. The molecule has 0 spiro atoms. The molecule has 1 saturated heterocycles. The van der Waals surface area contributed by atoms with E-state index in [0.717, 1.165) is 34.8 Å². The molecule has 6 nitrogen and oxygen atoms in total. The van der Waals surface area contributed by atoms with Gasteiger partial charge < -0.3 is 20.1 Å². The lowest BCUT2D eigenvalue weighted by Gasteiger charge is -2.28. The Morgan fingerprint density at radius 3 is 2.55 bits per heavy atom. The highest BCUT2D eigenvalue weighted by atomic mass is 32.1. The molecule has 1 aliphatic heterocycles. The van der Waals surface area contributed by atoms with Crippen LogP contribution in [0.25, 0.3) is 5.69 Å². The van der Waals surface area contributed by atoms with Gasteiger partial charge in [0, 0.05) is 41.9 Å². The molecule has 1 fully saturated rings. The largest absolute Gasteiger partial charge is 0.352 e. The van der Waals surface area contributed by atoms with Gasteiger partial charge in [0.05, 0.1) is 17.8 Å². The molecule has 2 atom stereocenters. The molecule has 1 aliphatic rings. The highest BCUT2D eigenvalue weighted by molar-refractivity contribution is 7.80. The Kier molecular flexibility index (Phi) is 8.03. The van der Waals surface area contributed by atoms with Crippen LogP contribution in [0.2, 0.25) is 0 Å². The van der Waals surface area contributed by atoms with Crippen LogP contribution in [0, 0.1) is 27.7 Å². The molecular weight excluding hydrogens is 514 g/mol. The molecule has 7 heteroatoms. The fraction of sp³-hybridized carbons (Fsp3) is 0.303. The summed E-state index contributed by atoms with van der Waals surface area (Å²) in [6.07, 6.45) is 3.00. The summed E-state index contributed by atoms with van der Waals surface area (Å²) in [6, 6.07) is 22.5. The predicted octanol–water partition coefficient (Wildman–Crippen LogP) is 6.67. The summed E-state index contributed by atoms with van der Waals surface area (Å²) in [5.41, 5.74) is 10.1.